The Morgan fingerprint density at radius 1 is 1.20 bits per heavy atom. The number of nitrogens with zero attached hydrogens (tertiary/aromatic N) is 3. The molecular weight excluding hydrogens is 318 g/mol. The number of anilines is 1. The van der Waals surface area contributed by atoms with Crippen molar-refractivity contribution in [3.63, 3.8) is 0 Å². The first-order valence-electron chi connectivity index (χ1n) is 6.45. The highest BCUT2D eigenvalue weighted by Gasteiger charge is 2.21. The molecule has 0 aliphatic carbocycles. The fourth-order valence-electron chi connectivity index (χ4n) is 2.50. The van der Waals surface area contributed by atoms with E-state index in [1.807, 2.05) is 32.2 Å². The molecule has 1 amide bonds. The number of rotatable bonds is 1. The van der Waals surface area contributed by atoms with Crippen LogP contribution in [0.15, 0.2) is 29.0 Å². The second-order valence-electron chi connectivity index (χ2n) is 4.96. The van der Waals surface area contributed by atoms with Crippen molar-refractivity contribution >= 4 is 27.5 Å². The molecule has 5 heteroatoms. The highest BCUT2D eigenvalue weighted by atomic mass is 79.9. The summed E-state index contributed by atoms with van der Waals surface area (Å²) in [6.45, 7) is 1.95. The largest absolute Gasteiger partial charge is 0.315 e. The van der Waals surface area contributed by atoms with E-state index in [1.54, 1.807) is 4.90 Å². The molecule has 0 saturated heterocycles. The molecule has 1 aromatic carbocycles. The predicted octanol–water partition coefficient (Wildman–Crippen LogP) is 3.12. The van der Waals surface area contributed by atoms with Crippen LogP contribution in [0.4, 0.5) is 5.69 Å². The zero-order valence-corrected chi connectivity index (χ0v) is 12.9. The first-order chi connectivity index (χ1) is 9.54. The lowest BCUT2D eigenvalue weighted by atomic mass is 9.98. The predicted molar refractivity (Wildman–Crippen MR) is 81.6 cm³/mol. The molecule has 0 bridgehead atoms. The zero-order valence-electron chi connectivity index (χ0n) is 11.4. The number of amides is 1. The van der Waals surface area contributed by atoms with Gasteiger partial charge in [0.1, 0.15) is 0 Å². The van der Waals surface area contributed by atoms with Gasteiger partial charge in [0, 0.05) is 30.4 Å². The third-order valence-corrected chi connectivity index (χ3v) is 3.90. The summed E-state index contributed by atoms with van der Waals surface area (Å²) in [5, 5.41) is 0. The first kappa shape index (κ1) is 13.2. The normalized spacial score (nSPS) is 14.3. The van der Waals surface area contributed by atoms with E-state index in [9.17, 15) is 4.79 Å². The molecule has 1 aromatic heterocycles. The molecule has 3 rings (SSSR count). The molecule has 0 spiro atoms. The van der Waals surface area contributed by atoms with E-state index in [-0.39, 0.29) is 5.91 Å². The van der Waals surface area contributed by atoms with Gasteiger partial charge in [0.05, 0.1) is 5.69 Å². The summed E-state index contributed by atoms with van der Waals surface area (Å²) < 4.78 is 0.595. The summed E-state index contributed by atoms with van der Waals surface area (Å²) >= 11 is 3.33. The quantitative estimate of drug-likeness (QED) is 0.754. The van der Waals surface area contributed by atoms with Gasteiger partial charge in [-0.25, -0.2) is 9.97 Å². The fraction of sp³-hybridized carbons (Fsp3) is 0.267. The van der Waals surface area contributed by atoms with Crippen LogP contribution in [0.3, 0.4) is 0 Å². The van der Waals surface area contributed by atoms with Crippen LogP contribution in [-0.2, 0) is 11.2 Å². The Balaban J connectivity index is 2.07. The van der Waals surface area contributed by atoms with E-state index in [2.05, 4.69) is 32.0 Å². The van der Waals surface area contributed by atoms with Crippen molar-refractivity contribution in [1.82, 2.24) is 9.97 Å². The van der Waals surface area contributed by atoms with Crippen molar-refractivity contribution in [2.75, 3.05) is 11.9 Å². The minimum absolute atomic E-state index is 0.172. The summed E-state index contributed by atoms with van der Waals surface area (Å²) in [4.78, 5) is 22.1. The first-order valence-corrected chi connectivity index (χ1v) is 7.25. The van der Waals surface area contributed by atoms with Crippen LogP contribution in [0.2, 0.25) is 0 Å². The van der Waals surface area contributed by atoms with Crippen molar-refractivity contribution in [2.45, 2.75) is 19.8 Å². The second kappa shape index (κ2) is 4.98. The fourth-order valence-corrected chi connectivity index (χ4v) is 2.97. The van der Waals surface area contributed by atoms with Gasteiger partial charge >= 0.3 is 0 Å². The van der Waals surface area contributed by atoms with E-state index in [1.165, 1.54) is 5.56 Å². The van der Waals surface area contributed by atoms with Crippen molar-refractivity contribution in [3.05, 3.63) is 40.3 Å². The van der Waals surface area contributed by atoms with E-state index in [0.29, 0.717) is 11.2 Å². The molecule has 2 heterocycles. The third kappa shape index (κ3) is 2.33. The lowest BCUT2D eigenvalue weighted by Gasteiger charge is -2.26. The van der Waals surface area contributed by atoms with E-state index >= 15 is 0 Å². The number of hydrogen-bond acceptors (Lipinski definition) is 3. The molecule has 20 heavy (non-hydrogen) atoms. The minimum atomic E-state index is 0.172. The van der Waals surface area contributed by atoms with Gasteiger partial charge in [0.25, 0.3) is 0 Å². The smallest absolute Gasteiger partial charge is 0.227 e. The zero-order chi connectivity index (χ0) is 14.3. The summed E-state index contributed by atoms with van der Waals surface area (Å²) in [6.07, 6.45) is 1.36. The van der Waals surface area contributed by atoms with Crippen LogP contribution in [0, 0.1) is 6.92 Å². The summed E-state index contributed by atoms with van der Waals surface area (Å²) in [5.41, 5.74) is 5.06. The summed E-state index contributed by atoms with van der Waals surface area (Å²) in [5.74, 6) is 0.172. The van der Waals surface area contributed by atoms with Crippen LogP contribution in [0.25, 0.3) is 11.3 Å². The minimum Gasteiger partial charge on any atom is -0.315 e. The maximum Gasteiger partial charge on any atom is 0.227 e. The average molecular weight is 332 g/mol. The van der Waals surface area contributed by atoms with Gasteiger partial charge in [0.15, 0.2) is 4.73 Å². The number of fused-ring (bicyclic) bond motifs is 1. The molecule has 4 nitrogen and oxygen atoms in total. The van der Waals surface area contributed by atoms with Crippen LogP contribution < -0.4 is 4.90 Å². The lowest BCUT2D eigenvalue weighted by molar-refractivity contribution is -0.118. The number of hydrogen-bond donors (Lipinski definition) is 0. The molecule has 102 valence electrons. The highest BCUT2D eigenvalue weighted by Crippen LogP contribution is 2.31. The van der Waals surface area contributed by atoms with E-state index in [4.69, 9.17) is 0 Å². The molecule has 2 aromatic rings. The van der Waals surface area contributed by atoms with Gasteiger partial charge < -0.3 is 4.90 Å². The van der Waals surface area contributed by atoms with Gasteiger partial charge in [-0.2, -0.15) is 0 Å². The molecule has 0 saturated carbocycles. The topological polar surface area (TPSA) is 46.1 Å². The van der Waals surface area contributed by atoms with Gasteiger partial charge in [-0.1, -0.05) is 6.07 Å². The Morgan fingerprint density at radius 3 is 2.75 bits per heavy atom. The van der Waals surface area contributed by atoms with Crippen LogP contribution >= 0.6 is 15.9 Å². The van der Waals surface area contributed by atoms with E-state index in [0.717, 1.165) is 29.1 Å². The molecular formula is C15H14BrN3O. The van der Waals surface area contributed by atoms with Gasteiger partial charge in [-0.3, -0.25) is 4.79 Å². The maximum absolute atomic E-state index is 11.7. The van der Waals surface area contributed by atoms with Crippen molar-refractivity contribution in [1.29, 1.82) is 0 Å². The molecule has 0 unspecified atom stereocenters. The number of aromatic nitrogens is 2. The Hall–Kier alpha value is -1.75. The molecule has 1 aliphatic heterocycles. The molecule has 0 radical (unpaired) electrons. The number of carbonyl (C=O) groups excluding carboxylic acids is 1. The van der Waals surface area contributed by atoms with Gasteiger partial charge in [-0.15, -0.1) is 0 Å². The SMILES string of the molecule is Cc1cc(-c2ccc3c(c2)CCC(=O)N3C)nc(Br)n1. The third-order valence-electron chi connectivity index (χ3n) is 3.55. The molecule has 0 N–H and O–H groups in total. The molecule has 0 atom stereocenters. The Kier molecular flexibility index (Phi) is 3.30. The Morgan fingerprint density at radius 2 is 2.00 bits per heavy atom. The monoisotopic (exact) mass is 331 g/mol. The second-order valence-corrected chi connectivity index (χ2v) is 5.67. The average Bonchev–Trinajstić information content (AvgIpc) is 2.41. The van der Waals surface area contributed by atoms with Gasteiger partial charge in [-0.05, 0) is 53.0 Å². The lowest BCUT2D eigenvalue weighted by Crippen LogP contribution is -2.30. The van der Waals surface area contributed by atoms with Crippen LogP contribution in [-0.4, -0.2) is 22.9 Å². The Labute approximate surface area is 126 Å². The number of halogens is 1. The van der Waals surface area contributed by atoms with Gasteiger partial charge in [0.2, 0.25) is 5.91 Å². The van der Waals surface area contributed by atoms with Crippen molar-refractivity contribution < 1.29 is 4.79 Å². The van der Waals surface area contributed by atoms with Crippen LogP contribution in [0.1, 0.15) is 17.7 Å². The number of benzene rings is 1. The van der Waals surface area contributed by atoms with Crippen molar-refractivity contribution in [3.8, 4) is 11.3 Å². The number of aryl methyl sites for hydroxylation is 2. The molecule has 1 aliphatic rings. The number of carbonyl (C=O) groups is 1. The maximum atomic E-state index is 11.7. The molecule has 0 fully saturated rings. The van der Waals surface area contributed by atoms with Crippen molar-refractivity contribution in [2.24, 2.45) is 0 Å². The van der Waals surface area contributed by atoms with Crippen LogP contribution in [0.5, 0.6) is 0 Å². The highest BCUT2D eigenvalue weighted by molar-refractivity contribution is 9.10. The Bertz CT molecular complexity index is 679. The standard InChI is InChI=1S/C15H14BrN3O/c1-9-7-12(18-15(16)17-9)10-3-5-13-11(8-10)4-6-14(20)19(13)2/h3,5,7-8H,4,6H2,1-2H3. The summed E-state index contributed by atoms with van der Waals surface area (Å²) in [6, 6.07) is 8.08. The van der Waals surface area contributed by atoms with E-state index < -0.39 is 0 Å². The summed E-state index contributed by atoms with van der Waals surface area (Å²) in [7, 11) is 1.82.